The minimum Gasteiger partial charge on any atom is -0.480 e. The van der Waals surface area contributed by atoms with Gasteiger partial charge in [-0.2, -0.15) is 0 Å². The lowest BCUT2D eigenvalue weighted by atomic mass is 10.1. The number of carboxylic acids is 1. The molecule has 2 rings (SSSR count). The highest BCUT2D eigenvalue weighted by Crippen LogP contribution is 2.05. The van der Waals surface area contributed by atoms with Crippen molar-refractivity contribution in [3.8, 4) is 0 Å². The highest BCUT2D eigenvalue weighted by atomic mass is 16.6. The topological polar surface area (TPSA) is 92.7 Å². The molecule has 0 radical (unpaired) electrons. The fraction of sp³-hybridized carbons (Fsp3) is 0.118. The summed E-state index contributed by atoms with van der Waals surface area (Å²) in [7, 11) is 0. The minimum absolute atomic E-state index is 0.0881. The summed E-state index contributed by atoms with van der Waals surface area (Å²) in [5.74, 6) is -2.05. The second kappa shape index (κ2) is 7.74. The summed E-state index contributed by atoms with van der Waals surface area (Å²) in [5.41, 5.74) is 0.951. The number of amides is 1. The molecular weight excluding hydrogens is 298 g/mol. The van der Waals surface area contributed by atoms with Crippen molar-refractivity contribution >= 4 is 18.0 Å². The number of aliphatic carboxylic acids is 1. The van der Waals surface area contributed by atoms with Crippen LogP contribution in [0.1, 0.15) is 15.9 Å². The Kier molecular flexibility index (Phi) is 5.46. The van der Waals surface area contributed by atoms with Gasteiger partial charge < -0.3 is 15.2 Å². The Bertz CT molecular complexity index is 685. The van der Waals surface area contributed by atoms with Gasteiger partial charge in [-0.3, -0.25) is 0 Å². The zero-order chi connectivity index (χ0) is 16.7. The molecule has 0 aliphatic carbocycles. The first-order valence-electron chi connectivity index (χ1n) is 6.90. The van der Waals surface area contributed by atoms with Crippen LogP contribution in [-0.4, -0.2) is 29.2 Å². The predicted molar refractivity (Wildman–Crippen MR) is 82.0 cm³/mol. The largest absolute Gasteiger partial charge is 0.480 e. The van der Waals surface area contributed by atoms with Gasteiger partial charge in [0.15, 0.2) is 0 Å². The maximum absolute atomic E-state index is 11.7. The van der Waals surface area contributed by atoms with Gasteiger partial charge in [-0.25, -0.2) is 14.4 Å². The minimum atomic E-state index is -1.21. The molecule has 118 valence electrons. The number of alkyl carbamates (subject to hydrolysis) is 1. The lowest BCUT2D eigenvalue weighted by Gasteiger charge is -2.14. The van der Waals surface area contributed by atoms with Crippen molar-refractivity contribution < 1.29 is 24.2 Å². The normalized spacial score (nSPS) is 11.3. The Balaban J connectivity index is 1.96. The van der Waals surface area contributed by atoms with Crippen LogP contribution in [0.15, 0.2) is 60.7 Å². The summed E-state index contributed by atoms with van der Waals surface area (Å²) in [6, 6.07) is 15.6. The first-order chi connectivity index (χ1) is 11.1. The second-order valence-electron chi connectivity index (χ2n) is 4.77. The van der Waals surface area contributed by atoms with E-state index in [1.54, 1.807) is 48.5 Å². The summed E-state index contributed by atoms with van der Waals surface area (Å²) < 4.78 is 4.60. The number of nitrogens with one attached hydrogen (secondary N) is 1. The molecule has 0 aromatic heterocycles. The summed E-state index contributed by atoms with van der Waals surface area (Å²) >= 11 is 0. The van der Waals surface area contributed by atoms with Gasteiger partial charge in [0.2, 0.25) is 0 Å². The molecule has 0 aliphatic rings. The van der Waals surface area contributed by atoms with E-state index in [0.717, 1.165) is 5.56 Å². The molecule has 1 atom stereocenters. The van der Waals surface area contributed by atoms with Gasteiger partial charge in [-0.1, -0.05) is 48.5 Å². The SMILES string of the molecule is O=C(N[C@H](Cc1ccccc1)C(=O)O)OC(=O)c1ccccc1. The first kappa shape index (κ1) is 16.2. The Hall–Kier alpha value is -3.15. The van der Waals surface area contributed by atoms with Crippen molar-refractivity contribution in [3.63, 3.8) is 0 Å². The van der Waals surface area contributed by atoms with E-state index in [4.69, 9.17) is 0 Å². The van der Waals surface area contributed by atoms with E-state index in [9.17, 15) is 19.5 Å². The molecular formula is C17H15NO5. The zero-order valence-electron chi connectivity index (χ0n) is 12.1. The van der Waals surface area contributed by atoms with Crippen LogP contribution in [0.4, 0.5) is 4.79 Å². The fourth-order valence-electron chi connectivity index (χ4n) is 1.94. The summed E-state index contributed by atoms with van der Waals surface area (Å²) in [5, 5.41) is 11.4. The van der Waals surface area contributed by atoms with Crippen molar-refractivity contribution in [2.24, 2.45) is 0 Å². The van der Waals surface area contributed by atoms with Gasteiger partial charge in [0, 0.05) is 6.42 Å². The maximum atomic E-state index is 11.7. The first-order valence-corrected chi connectivity index (χ1v) is 6.90. The van der Waals surface area contributed by atoms with Crippen LogP contribution in [0, 0.1) is 0 Å². The highest BCUT2D eigenvalue weighted by Gasteiger charge is 2.22. The van der Waals surface area contributed by atoms with Crippen LogP contribution in [0.2, 0.25) is 0 Å². The molecule has 0 spiro atoms. The average molecular weight is 313 g/mol. The van der Waals surface area contributed by atoms with E-state index in [2.05, 4.69) is 10.1 Å². The number of hydrogen-bond donors (Lipinski definition) is 2. The molecule has 2 aromatic carbocycles. The maximum Gasteiger partial charge on any atom is 0.415 e. The Morgan fingerprint density at radius 3 is 2.09 bits per heavy atom. The van der Waals surface area contributed by atoms with Gasteiger partial charge in [-0.15, -0.1) is 0 Å². The molecule has 1 amide bonds. The number of carbonyl (C=O) groups excluding carboxylic acids is 2. The lowest BCUT2D eigenvalue weighted by Crippen LogP contribution is -2.43. The van der Waals surface area contributed by atoms with Crippen molar-refractivity contribution in [2.75, 3.05) is 0 Å². The van der Waals surface area contributed by atoms with E-state index in [1.165, 1.54) is 12.1 Å². The number of rotatable bonds is 5. The molecule has 2 N–H and O–H groups in total. The third kappa shape index (κ3) is 4.96. The van der Waals surface area contributed by atoms with Crippen LogP contribution in [0.25, 0.3) is 0 Å². The molecule has 0 fully saturated rings. The van der Waals surface area contributed by atoms with Crippen LogP contribution in [0.3, 0.4) is 0 Å². The Morgan fingerprint density at radius 2 is 1.52 bits per heavy atom. The number of carboxylic acid groups (broad SMARTS) is 1. The quantitative estimate of drug-likeness (QED) is 0.652. The molecule has 0 saturated carbocycles. The number of carbonyl (C=O) groups is 3. The number of ether oxygens (including phenoxy) is 1. The number of benzene rings is 2. The van der Waals surface area contributed by atoms with Gasteiger partial charge in [-0.05, 0) is 17.7 Å². The molecule has 6 heteroatoms. The van der Waals surface area contributed by atoms with Gasteiger partial charge in [0.25, 0.3) is 0 Å². The predicted octanol–water partition coefficient (Wildman–Crippen LogP) is 2.25. The van der Waals surface area contributed by atoms with Crippen LogP contribution in [-0.2, 0) is 16.0 Å². The highest BCUT2D eigenvalue weighted by molar-refractivity contribution is 5.97. The second-order valence-corrected chi connectivity index (χ2v) is 4.77. The Morgan fingerprint density at radius 1 is 0.957 bits per heavy atom. The van der Waals surface area contributed by atoms with E-state index < -0.39 is 24.1 Å². The molecule has 0 heterocycles. The summed E-state index contributed by atoms with van der Waals surface area (Å²) in [4.78, 5) is 34.7. The smallest absolute Gasteiger partial charge is 0.415 e. The molecule has 2 aromatic rings. The third-order valence-electron chi connectivity index (χ3n) is 3.07. The zero-order valence-corrected chi connectivity index (χ0v) is 12.1. The molecule has 0 aliphatic heterocycles. The summed E-state index contributed by atoms with van der Waals surface area (Å²) in [6.07, 6.45) is -1.01. The van der Waals surface area contributed by atoms with Crippen molar-refractivity contribution in [1.29, 1.82) is 0 Å². The third-order valence-corrected chi connectivity index (χ3v) is 3.07. The van der Waals surface area contributed by atoms with E-state index in [1.807, 2.05) is 0 Å². The summed E-state index contributed by atoms with van der Waals surface area (Å²) in [6.45, 7) is 0. The average Bonchev–Trinajstić information content (AvgIpc) is 2.56. The molecule has 6 nitrogen and oxygen atoms in total. The Labute approximate surface area is 132 Å². The van der Waals surface area contributed by atoms with Crippen LogP contribution < -0.4 is 5.32 Å². The standard InChI is InChI=1S/C17H15NO5/c19-15(20)14(11-12-7-3-1-4-8-12)18-17(22)23-16(21)13-9-5-2-6-10-13/h1-10,14H,11H2,(H,18,22)(H,19,20)/t14-/m1/s1. The van der Waals surface area contributed by atoms with Crippen molar-refractivity contribution in [1.82, 2.24) is 5.32 Å². The van der Waals surface area contributed by atoms with E-state index in [-0.39, 0.29) is 12.0 Å². The van der Waals surface area contributed by atoms with Gasteiger partial charge >= 0.3 is 18.0 Å². The molecule has 23 heavy (non-hydrogen) atoms. The fourth-order valence-corrected chi connectivity index (χ4v) is 1.94. The van der Waals surface area contributed by atoms with Crippen molar-refractivity contribution in [2.45, 2.75) is 12.5 Å². The van der Waals surface area contributed by atoms with Crippen LogP contribution in [0.5, 0.6) is 0 Å². The number of hydrogen-bond acceptors (Lipinski definition) is 4. The molecule has 0 bridgehead atoms. The lowest BCUT2D eigenvalue weighted by molar-refractivity contribution is -0.139. The van der Waals surface area contributed by atoms with Gasteiger partial charge in [0.05, 0.1) is 5.56 Å². The molecule has 0 unspecified atom stereocenters. The van der Waals surface area contributed by atoms with E-state index >= 15 is 0 Å². The van der Waals surface area contributed by atoms with Gasteiger partial charge in [0.1, 0.15) is 6.04 Å². The monoisotopic (exact) mass is 313 g/mol. The van der Waals surface area contributed by atoms with Crippen LogP contribution >= 0.6 is 0 Å². The van der Waals surface area contributed by atoms with E-state index in [0.29, 0.717) is 0 Å². The number of esters is 1. The van der Waals surface area contributed by atoms with Crippen molar-refractivity contribution in [3.05, 3.63) is 71.8 Å². The molecule has 0 saturated heterocycles.